The molecule has 5 nitrogen and oxygen atoms in total. The second-order valence-electron chi connectivity index (χ2n) is 4.42. The number of nitrogens with one attached hydrogen (secondary N) is 1. The van der Waals surface area contributed by atoms with Crippen LogP contribution in [0.5, 0.6) is 0 Å². The van der Waals surface area contributed by atoms with Crippen LogP contribution in [0.25, 0.3) is 22.6 Å². The molecule has 6 heteroatoms. The number of benzene rings is 2. The predicted molar refractivity (Wildman–Crippen MR) is 76.1 cm³/mol. The quantitative estimate of drug-likeness (QED) is 0.587. The molecule has 0 fully saturated rings. The lowest BCUT2D eigenvalue weighted by Gasteiger charge is -1.99. The number of aromatic amines is 1. The van der Waals surface area contributed by atoms with Crippen LogP contribution in [0, 0.1) is 15.9 Å². The Morgan fingerprint density at radius 3 is 2.52 bits per heavy atom. The van der Waals surface area contributed by atoms with Crippen LogP contribution >= 0.6 is 0 Å². The maximum Gasteiger partial charge on any atom is 0.280 e. The lowest BCUT2D eigenvalue weighted by molar-refractivity contribution is -0.384. The van der Waals surface area contributed by atoms with Gasteiger partial charge in [-0.15, -0.1) is 0 Å². The van der Waals surface area contributed by atoms with Crippen molar-refractivity contribution in [2.24, 2.45) is 0 Å². The molecule has 2 aromatic carbocycles. The van der Waals surface area contributed by atoms with Gasteiger partial charge in [-0.05, 0) is 30.3 Å². The number of nitro benzene ring substituents is 1. The van der Waals surface area contributed by atoms with Crippen LogP contribution in [0.4, 0.5) is 10.1 Å². The standard InChI is InChI=1S/C15H10FN3O2/c16-11-7-5-10(6-8-11)13-9-17-15(18-13)12-3-1-2-4-14(12)19(20)21/h1-9H,(H,17,18). The van der Waals surface area contributed by atoms with Crippen molar-refractivity contribution in [3.05, 3.63) is 70.7 Å². The molecular weight excluding hydrogens is 273 g/mol. The summed E-state index contributed by atoms with van der Waals surface area (Å²) in [4.78, 5) is 17.8. The minimum absolute atomic E-state index is 0.0162. The number of hydrogen-bond acceptors (Lipinski definition) is 3. The summed E-state index contributed by atoms with van der Waals surface area (Å²) in [6.45, 7) is 0. The van der Waals surface area contributed by atoms with Gasteiger partial charge in [0.2, 0.25) is 0 Å². The number of para-hydroxylation sites is 1. The summed E-state index contributed by atoms with van der Waals surface area (Å²) >= 11 is 0. The van der Waals surface area contributed by atoms with Crippen LogP contribution in [0.2, 0.25) is 0 Å². The van der Waals surface area contributed by atoms with Gasteiger partial charge >= 0.3 is 0 Å². The normalized spacial score (nSPS) is 10.5. The van der Waals surface area contributed by atoms with Crippen molar-refractivity contribution in [2.75, 3.05) is 0 Å². The predicted octanol–water partition coefficient (Wildman–Crippen LogP) is 3.79. The maximum absolute atomic E-state index is 12.9. The monoisotopic (exact) mass is 283 g/mol. The number of nitro groups is 1. The Morgan fingerprint density at radius 1 is 1.10 bits per heavy atom. The van der Waals surface area contributed by atoms with Crippen molar-refractivity contribution >= 4 is 5.69 Å². The Morgan fingerprint density at radius 2 is 1.81 bits per heavy atom. The number of H-pyrrole nitrogens is 1. The molecule has 1 aromatic heterocycles. The van der Waals surface area contributed by atoms with E-state index < -0.39 is 4.92 Å². The molecular formula is C15H10FN3O2. The summed E-state index contributed by atoms with van der Waals surface area (Å²) in [5.41, 5.74) is 1.73. The molecule has 0 aliphatic rings. The summed E-state index contributed by atoms with van der Waals surface area (Å²) in [7, 11) is 0. The fourth-order valence-electron chi connectivity index (χ4n) is 2.06. The van der Waals surface area contributed by atoms with Gasteiger partial charge in [0, 0.05) is 17.8 Å². The third kappa shape index (κ3) is 2.51. The maximum atomic E-state index is 12.9. The number of halogens is 1. The molecule has 3 aromatic rings. The molecule has 104 valence electrons. The Balaban J connectivity index is 2.03. The molecule has 0 atom stereocenters. The van der Waals surface area contributed by atoms with Gasteiger partial charge in [0.1, 0.15) is 11.6 Å². The molecule has 0 saturated carbocycles. The fourth-order valence-corrected chi connectivity index (χ4v) is 2.06. The highest BCUT2D eigenvalue weighted by atomic mass is 19.1. The highest BCUT2D eigenvalue weighted by molar-refractivity contribution is 5.71. The van der Waals surface area contributed by atoms with Crippen LogP contribution in [-0.2, 0) is 0 Å². The van der Waals surface area contributed by atoms with Gasteiger partial charge in [0.05, 0.1) is 16.2 Å². The number of imidazole rings is 1. The van der Waals surface area contributed by atoms with Crippen molar-refractivity contribution < 1.29 is 9.31 Å². The first-order valence-electron chi connectivity index (χ1n) is 6.20. The second kappa shape index (κ2) is 5.16. The molecule has 0 aliphatic heterocycles. The first-order valence-corrected chi connectivity index (χ1v) is 6.20. The third-order valence-corrected chi connectivity index (χ3v) is 3.07. The van der Waals surface area contributed by atoms with Gasteiger partial charge < -0.3 is 4.98 Å². The van der Waals surface area contributed by atoms with Gasteiger partial charge in [-0.25, -0.2) is 9.37 Å². The summed E-state index contributed by atoms with van der Waals surface area (Å²) < 4.78 is 12.9. The summed E-state index contributed by atoms with van der Waals surface area (Å²) in [6.07, 6.45) is 1.64. The zero-order valence-corrected chi connectivity index (χ0v) is 10.8. The summed E-state index contributed by atoms with van der Waals surface area (Å²) in [5.74, 6) is 0.0785. The zero-order chi connectivity index (χ0) is 14.8. The molecule has 0 amide bonds. The molecule has 0 bridgehead atoms. The molecule has 0 saturated heterocycles. The van der Waals surface area contributed by atoms with Crippen molar-refractivity contribution in [1.29, 1.82) is 0 Å². The highest BCUT2D eigenvalue weighted by Crippen LogP contribution is 2.29. The van der Waals surface area contributed by atoms with E-state index in [9.17, 15) is 14.5 Å². The minimum Gasteiger partial charge on any atom is -0.344 e. The fraction of sp³-hybridized carbons (Fsp3) is 0. The number of aromatic nitrogens is 2. The van der Waals surface area contributed by atoms with Gasteiger partial charge in [-0.2, -0.15) is 0 Å². The van der Waals surface area contributed by atoms with Crippen LogP contribution in [0.3, 0.4) is 0 Å². The van der Waals surface area contributed by atoms with Crippen molar-refractivity contribution in [1.82, 2.24) is 9.97 Å². The van der Waals surface area contributed by atoms with Gasteiger partial charge in [0.25, 0.3) is 5.69 Å². The highest BCUT2D eigenvalue weighted by Gasteiger charge is 2.17. The Kier molecular flexibility index (Phi) is 3.19. The minimum atomic E-state index is -0.449. The van der Waals surface area contributed by atoms with E-state index in [1.807, 2.05) is 0 Å². The summed E-state index contributed by atoms with van der Waals surface area (Å²) in [5, 5.41) is 11.0. The third-order valence-electron chi connectivity index (χ3n) is 3.07. The molecule has 0 radical (unpaired) electrons. The lowest BCUT2D eigenvalue weighted by atomic mass is 10.1. The summed E-state index contributed by atoms with van der Waals surface area (Å²) in [6, 6.07) is 12.3. The number of rotatable bonds is 3. The van der Waals surface area contributed by atoms with Crippen LogP contribution in [-0.4, -0.2) is 14.9 Å². The smallest absolute Gasteiger partial charge is 0.280 e. The topological polar surface area (TPSA) is 71.8 Å². The van der Waals surface area contributed by atoms with Crippen LogP contribution in [0.15, 0.2) is 54.7 Å². The number of hydrogen-bond donors (Lipinski definition) is 1. The van der Waals surface area contributed by atoms with Crippen molar-refractivity contribution in [3.63, 3.8) is 0 Å². The molecule has 1 N–H and O–H groups in total. The van der Waals surface area contributed by atoms with E-state index >= 15 is 0 Å². The number of nitrogens with zero attached hydrogens (tertiary/aromatic N) is 2. The molecule has 0 aliphatic carbocycles. The van der Waals surface area contributed by atoms with E-state index in [-0.39, 0.29) is 11.5 Å². The SMILES string of the molecule is O=[N+]([O-])c1ccccc1-c1nc(-c2ccc(F)cc2)c[nH]1. The Hall–Kier alpha value is -3.02. The average Bonchev–Trinajstić information content (AvgIpc) is 2.97. The average molecular weight is 283 g/mol. The molecule has 0 unspecified atom stereocenters. The van der Waals surface area contributed by atoms with E-state index in [0.29, 0.717) is 17.1 Å². The first-order chi connectivity index (χ1) is 10.1. The van der Waals surface area contributed by atoms with Gasteiger partial charge in [-0.1, -0.05) is 12.1 Å². The molecule has 3 rings (SSSR count). The largest absolute Gasteiger partial charge is 0.344 e. The van der Waals surface area contributed by atoms with E-state index in [2.05, 4.69) is 9.97 Å². The Bertz CT molecular complexity index is 797. The van der Waals surface area contributed by atoms with Crippen molar-refractivity contribution in [2.45, 2.75) is 0 Å². The first kappa shape index (κ1) is 13.0. The lowest BCUT2D eigenvalue weighted by Crippen LogP contribution is -1.92. The zero-order valence-electron chi connectivity index (χ0n) is 10.8. The van der Waals surface area contributed by atoms with E-state index in [1.54, 1.807) is 36.5 Å². The molecule has 0 spiro atoms. The van der Waals surface area contributed by atoms with Gasteiger partial charge in [0.15, 0.2) is 0 Å². The van der Waals surface area contributed by atoms with Gasteiger partial charge in [-0.3, -0.25) is 10.1 Å². The molecule has 1 heterocycles. The van der Waals surface area contributed by atoms with Crippen LogP contribution < -0.4 is 0 Å². The Labute approximate surface area is 119 Å². The van der Waals surface area contributed by atoms with Crippen LogP contribution in [0.1, 0.15) is 0 Å². The van der Waals surface area contributed by atoms with E-state index in [1.165, 1.54) is 18.2 Å². The van der Waals surface area contributed by atoms with E-state index in [4.69, 9.17) is 0 Å². The van der Waals surface area contributed by atoms with Crippen molar-refractivity contribution in [3.8, 4) is 22.6 Å². The molecule has 21 heavy (non-hydrogen) atoms. The van der Waals surface area contributed by atoms with E-state index in [0.717, 1.165) is 5.56 Å². The second-order valence-corrected chi connectivity index (χ2v) is 4.42.